The van der Waals surface area contributed by atoms with Gasteiger partial charge in [-0.05, 0) is 59.1 Å². The first-order valence-corrected chi connectivity index (χ1v) is 13.1. The van der Waals surface area contributed by atoms with Crippen LogP contribution < -0.4 is 0 Å². The molecule has 0 aliphatic heterocycles. The molecule has 6 rings (SSSR count). The van der Waals surface area contributed by atoms with Gasteiger partial charge in [-0.2, -0.15) is 0 Å². The van der Waals surface area contributed by atoms with E-state index in [0.29, 0.717) is 16.9 Å². The number of nitrogens with zero attached hydrogens (tertiary/aromatic N) is 1. The lowest BCUT2D eigenvalue weighted by molar-refractivity contribution is -0.215. The fraction of sp³-hybridized carbons (Fsp3) is 0.533. The minimum atomic E-state index is -2.07. The lowest BCUT2D eigenvalue weighted by Gasteiger charge is -2.52. The van der Waals surface area contributed by atoms with Crippen molar-refractivity contribution in [1.82, 2.24) is 4.98 Å². The first kappa shape index (κ1) is 24.7. The Balaban J connectivity index is 1.47. The Labute approximate surface area is 216 Å². The first-order chi connectivity index (χ1) is 17.5. The third-order valence-corrected chi connectivity index (χ3v) is 10.3. The lowest BCUT2D eigenvalue weighted by atomic mass is 9.58. The smallest absolute Gasteiger partial charge is 0.358 e. The molecule has 0 saturated heterocycles. The average Bonchev–Trinajstić information content (AvgIpc) is 3.37. The zero-order valence-electron chi connectivity index (χ0n) is 21.6. The van der Waals surface area contributed by atoms with Crippen molar-refractivity contribution < 1.29 is 30.0 Å². The highest BCUT2D eigenvalue weighted by Gasteiger charge is 2.76. The van der Waals surface area contributed by atoms with E-state index >= 15 is 0 Å². The van der Waals surface area contributed by atoms with E-state index in [1.54, 1.807) is 25.1 Å². The van der Waals surface area contributed by atoms with Crippen LogP contribution in [-0.2, 0) is 4.74 Å². The monoisotopic (exact) mass is 505 g/mol. The number of rotatable bonds is 3. The third-order valence-electron chi connectivity index (χ3n) is 10.3. The number of carbonyl (C=O) groups is 1. The Morgan fingerprint density at radius 3 is 2.65 bits per heavy atom. The summed E-state index contributed by atoms with van der Waals surface area (Å²) in [5, 5.41) is 48.0. The Morgan fingerprint density at radius 1 is 1.19 bits per heavy atom. The van der Waals surface area contributed by atoms with Gasteiger partial charge in [0.25, 0.3) is 0 Å². The molecule has 2 aromatic rings. The minimum Gasteiger partial charge on any atom is -0.450 e. The molecule has 1 aromatic carbocycles. The highest BCUT2D eigenvalue weighted by Crippen LogP contribution is 2.72. The summed E-state index contributed by atoms with van der Waals surface area (Å²) in [5.74, 6) is -0.790. The maximum atomic E-state index is 13.5. The van der Waals surface area contributed by atoms with Gasteiger partial charge in [0.1, 0.15) is 11.7 Å². The van der Waals surface area contributed by atoms with E-state index in [1.807, 2.05) is 31.2 Å². The number of pyridine rings is 1. The van der Waals surface area contributed by atoms with E-state index in [1.165, 1.54) is 6.20 Å². The van der Waals surface area contributed by atoms with Gasteiger partial charge in [0, 0.05) is 17.5 Å². The maximum Gasteiger partial charge on any atom is 0.358 e. The van der Waals surface area contributed by atoms with Crippen molar-refractivity contribution in [3.8, 4) is 0 Å². The van der Waals surface area contributed by atoms with E-state index in [9.17, 15) is 25.2 Å². The lowest BCUT2D eigenvalue weighted by Crippen LogP contribution is -2.66. The molecule has 9 atom stereocenters. The summed E-state index contributed by atoms with van der Waals surface area (Å²) < 4.78 is 6.01. The molecule has 4 N–H and O–H groups in total. The van der Waals surface area contributed by atoms with Crippen LogP contribution in [0.15, 0.2) is 59.8 Å². The van der Waals surface area contributed by atoms with Gasteiger partial charge in [0.05, 0.1) is 18.1 Å². The Morgan fingerprint density at radius 2 is 1.92 bits per heavy atom. The van der Waals surface area contributed by atoms with Crippen LogP contribution in [0.5, 0.6) is 0 Å². The van der Waals surface area contributed by atoms with E-state index in [4.69, 9.17) is 4.74 Å². The summed E-state index contributed by atoms with van der Waals surface area (Å²) in [6, 6.07) is 9.15. The Kier molecular flexibility index (Phi) is 5.32. The van der Waals surface area contributed by atoms with Crippen molar-refractivity contribution in [3.63, 3.8) is 0 Å². The van der Waals surface area contributed by atoms with Crippen LogP contribution in [-0.4, -0.2) is 61.9 Å². The van der Waals surface area contributed by atoms with Crippen molar-refractivity contribution in [2.75, 3.05) is 6.61 Å². The van der Waals surface area contributed by atoms with Crippen LogP contribution in [0.1, 0.15) is 44.6 Å². The summed E-state index contributed by atoms with van der Waals surface area (Å²) in [6.45, 7) is 7.67. The number of hydrogen-bond donors (Lipinski definition) is 4. The van der Waals surface area contributed by atoms with Crippen LogP contribution in [0.2, 0.25) is 0 Å². The zero-order chi connectivity index (χ0) is 26.5. The fourth-order valence-electron chi connectivity index (χ4n) is 8.35. The van der Waals surface area contributed by atoms with Crippen molar-refractivity contribution in [2.45, 2.75) is 58.0 Å². The molecule has 7 heteroatoms. The molecule has 2 saturated carbocycles. The largest absolute Gasteiger partial charge is 0.450 e. The first-order valence-electron chi connectivity index (χ1n) is 13.1. The van der Waals surface area contributed by atoms with Crippen molar-refractivity contribution >= 4 is 16.7 Å². The summed E-state index contributed by atoms with van der Waals surface area (Å²) in [7, 11) is 0. The molecule has 0 amide bonds. The number of aromatic nitrogens is 1. The molecule has 1 heterocycles. The predicted molar refractivity (Wildman–Crippen MR) is 137 cm³/mol. The quantitative estimate of drug-likeness (QED) is 0.374. The highest BCUT2D eigenvalue weighted by molar-refractivity contribution is 6.02. The second-order valence-corrected chi connectivity index (χ2v) is 12.2. The van der Waals surface area contributed by atoms with Gasteiger partial charge >= 0.3 is 5.97 Å². The van der Waals surface area contributed by atoms with Gasteiger partial charge in [-0.25, -0.2) is 9.78 Å². The molecule has 2 bridgehead atoms. The second kappa shape index (κ2) is 7.96. The van der Waals surface area contributed by atoms with Gasteiger partial charge in [0.2, 0.25) is 0 Å². The van der Waals surface area contributed by atoms with E-state index in [-0.39, 0.29) is 34.4 Å². The van der Waals surface area contributed by atoms with Gasteiger partial charge in [0.15, 0.2) is 11.8 Å². The summed E-state index contributed by atoms with van der Waals surface area (Å²) >= 11 is 0. The standard InChI is InChI=1S/C30H35NO6/c1-15-13-29-16(2)11-21-22(28(21,3)4)20(25(29)34)12-18(14-32)24(33)30(29,36)26(15)37-27(35)23-19-8-6-5-7-17(19)9-10-31-23/h5-10,12-13,16,20-22,24-26,32-34,36H,11,14H2,1-4H3/t16-,20+,21-,22+,24-,25?,26+,29+,30+/m1/s1. The van der Waals surface area contributed by atoms with Crippen LogP contribution in [0.4, 0.5) is 0 Å². The molecule has 1 spiro atoms. The molecule has 7 nitrogen and oxygen atoms in total. The number of benzene rings is 1. The zero-order valence-corrected chi connectivity index (χ0v) is 21.6. The minimum absolute atomic E-state index is 0.00918. The number of aliphatic hydroxyl groups excluding tert-OH is 3. The van der Waals surface area contributed by atoms with Gasteiger partial charge < -0.3 is 25.2 Å². The molecule has 1 aromatic heterocycles. The summed E-state index contributed by atoms with van der Waals surface area (Å²) in [5.41, 5.74) is -2.40. The van der Waals surface area contributed by atoms with Crippen molar-refractivity contribution in [3.05, 3.63) is 65.5 Å². The van der Waals surface area contributed by atoms with Crippen molar-refractivity contribution in [2.24, 2.45) is 34.5 Å². The number of aliphatic hydroxyl groups is 4. The number of fused-ring (bicyclic) bond motifs is 4. The van der Waals surface area contributed by atoms with Gasteiger partial charge in [-0.1, -0.05) is 57.2 Å². The summed E-state index contributed by atoms with van der Waals surface area (Å²) in [6.07, 6.45) is 2.10. The molecule has 37 heavy (non-hydrogen) atoms. The van der Waals surface area contributed by atoms with E-state index in [2.05, 4.69) is 18.8 Å². The fourth-order valence-corrected chi connectivity index (χ4v) is 8.35. The maximum absolute atomic E-state index is 13.5. The van der Waals surface area contributed by atoms with Crippen LogP contribution in [0, 0.1) is 34.5 Å². The molecular formula is C30H35NO6. The molecular weight excluding hydrogens is 470 g/mol. The molecule has 4 aliphatic rings. The molecule has 0 radical (unpaired) electrons. The number of carbonyl (C=O) groups excluding carboxylic acids is 1. The highest BCUT2D eigenvalue weighted by atomic mass is 16.6. The van der Waals surface area contributed by atoms with Gasteiger partial charge in [-0.3, -0.25) is 0 Å². The second-order valence-electron chi connectivity index (χ2n) is 12.2. The van der Waals surface area contributed by atoms with E-state index in [0.717, 1.165) is 11.8 Å². The van der Waals surface area contributed by atoms with Crippen LogP contribution >= 0.6 is 0 Å². The SMILES string of the molecule is CC1=C[C@]23C(O)[C@@H](C=C(CO)[C@@H](O)[C@]2(O)[C@H]1OC(=O)c1nccc2ccccc12)[C@H]1[C@@H](C[C@H]3C)C1(C)C. The predicted octanol–water partition coefficient (Wildman–Crippen LogP) is 3.02. The molecule has 4 aliphatic carbocycles. The number of hydrogen-bond acceptors (Lipinski definition) is 7. The number of ether oxygens (including phenoxy) is 1. The summed E-state index contributed by atoms with van der Waals surface area (Å²) in [4.78, 5) is 17.8. The Hall–Kier alpha value is -2.58. The van der Waals surface area contributed by atoms with Crippen molar-refractivity contribution in [1.29, 1.82) is 0 Å². The average molecular weight is 506 g/mol. The normalized spacial score (nSPS) is 41.6. The van der Waals surface area contributed by atoms with Gasteiger partial charge in [-0.15, -0.1) is 0 Å². The molecule has 196 valence electrons. The van der Waals surface area contributed by atoms with Crippen LogP contribution in [0.3, 0.4) is 0 Å². The number of esters is 1. The molecule has 1 unspecified atom stereocenters. The topological polar surface area (TPSA) is 120 Å². The molecule has 2 fully saturated rings. The van der Waals surface area contributed by atoms with E-state index < -0.39 is 41.9 Å². The van der Waals surface area contributed by atoms with Crippen LogP contribution in [0.25, 0.3) is 10.8 Å². The third kappa shape index (κ3) is 3.03. The Bertz CT molecular complexity index is 1340.